The Balaban J connectivity index is 3.73. The van der Waals surface area contributed by atoms with E-state index in [1.165, 1.54) is 0 Å². The van der Waals surface area contributed by atoms with Gasteiger partial charge in [-0.2, -0.15) is 26.3 Å². The number of alkyl halides is 6. The van der Waals surface area contributed by atoms with Crippen LogP contribution in [0.4, 0.5) is 26.3 Å². The van der Waals surface area contributed by atoms with Crippen LogP contribution in [0, 0.1) is 0 Å². The third-order valence-electron chi connectivity index (χ3n) is 2.49. The quantitative estimate of drug-likeness (QED) is 0.841. The first-order valence-electron chi connectivity index (χ1n) is 5.16. The van der Waals surface area contributed by atoms with Gasteiger partial charge in [0, 0.05) is 5.56 Å². The summed E-state index contributed by atoms with van der Waals surface area (Å²) in [6.45, 7) is 0. The molecule has 0 amide bonds. The SMILES string of the molecule is COc1cc(C(F)(F)F)cc(C(O)C(=O)O)c1C(F)(F)F. The molecule has 10 heteroatoms. The van der Waals surface area contributed by atoms with Gasteiger partial charge < -0.3 is 14.9 Å². The van der Waals surface area contributed by atoms with Gasteiger partial charge in [-0.15, -0.1) is 0 Å². The number of carboxylic acids is 1. The first-order valence-corrected chi connectivity index (χ1v) is 5.16. The van der Waals surface area contributed by atoms with Crippen molar-refractivity contribution in [2.75, 3.05) is 7.11 Å². The van der Waals surface area contributed by atoms with E-state index in [1.807, 2.05) is 0 Å². The zero-order chi connectivity index (χ0) is 16.6. The molecular formula is C11H8F6O4. The zero-order valence-electron chi connectivity index (χ0n) is 10.2. The number of aliphatic carboxylic acids is 1. The lowest BCUT2D eigenvalue weighted by atomic mass is 9.97. The van der Waals surface area contributed by atoms with Gasteiger partial charge in [0.1, 0.15) is 11.3 Å². The molecule has 0 saturated carbocycles. The summed E-state index contributed by atoms with van der Waals surface area (Å²) < 4.78 is 80.7. The van der Waals surface area contributed by atoms with Crippen LogP contribution < -0.4 is 4.74 Å². The van der Waals surface area contributed by atoms with Crippen molar-refractivity contribution in [3.8, 4) is 5.75 Å². The minimum Gasteiger partial charge on any atom is -0.496 e. The molecule has 0 spiro atoms. The van der Waals surface area contributed by atoms with Gasteiger partial charge in [-0.3, -0.25) is 0 Å². The molecule has 0 aliphatic rings. The minimum atomic E-state index is -5.21. The molecule has 0 radical (unpaired) electrons. The number of carbonyl (C=O) groups is 1. The molecule has 1 rings (SSSR count). The smallest absolute Gasteiger partial charge is 0.420 e. The highest BCUT2D eigenvalue weighted by atomic mass is 19.4. The number of rotatable bonds is 3. The summed E-state index contributed by atoms with van der Waals surface area (Å²) >= 11 is 0. The van der Waals surface area contributed by atoms with Gasteiger partial charge in [0.2, 0.25) is 0 Å². The highest BCUT2D eigenvalue weighted by molar-refractivity contribution is 5.75. The van der Waals surface area contributed by atoms with Crippen LogP contribution in [0.5, 0.6) is 5.75 Å². The maximum atomic E-state index is 12.9. The molecule has 0 aromatic heterocycles. The van der Waals surface area contributed by atoms with Crippen LogP contribution in [0.3, 0.4) is 0 Å². The van der Waals surface area contributed by atoms with E-state index in [-0.39, 0.29) is 12.1 Å². The molecule has 0 aliphatic heterocycles. The van der Waals surface area contributed by atoms with E-state index in [2.05, 4.69) is 4.74 Å². The summed E-state index contributed by atoms with van der Waals surface area (Å²) in [4.78, 5) is 10.6. The van der Waals surface area contributed by atoms with E-state index in [4.69, 9.17) is 5.11 Å². The van der Waals surface area contributed by atoms with Gasteiger partial charge in [-0.25, -0.2) is 4.79 Å². The number of methoxy groups -OCH3 is 1. The number of hydrogen-bond acceptors (Lipinski definition) is 3. The molecule has 2 N–H and O–H groups in total. The molecule has 1 atom stereocenters. The Bertz CT molecular complexity index is 549. The number of halogens is 6. The summed E-state index contributed by atoms with van der Waals surface area (Å²) in [5.41, 5.74) is -4.78. The van der Waals surface area contributed by atoms with Gasteiger partial charge >= 0.3 is 18.3 Å². The van der Waals surface area contributed by atoms with Crippen molar-refractivity contribution in [1.82, 2.24) is 0 Å². The van der Waals surface area contributed by atoms with Gasteiger partial charge in [0.15, 0.2) is 6.10 Å². The van der Waals surface area contributed by atoms with Crippen molar-refractivity contribution in [2.24, 2.45) is 0 Å². The Morgan fingerprint density at radius 2 is 1.67 bits per heavy atom. The molecular weight excluding hydrogens is 310 g/mol. The Kier molecular flexibility index (Phi) is 4.42. The second kappa shape index (κ2) is 5.43. The van der Waals surface area contributed by atoms with Crippen molar-refractivity contribution in [3.05, 3.63) is 28.8 Å². The molecule has 0 heterocycles. The van der Waals surface area contributed by atoms with Crippen LogP contribution in [-0.4, -0.2) is 23.3 Å². The standard InChI is InChI=1S/C11H8F6O4/c1-21-6-3-4(10(12,13)14)2-5(8(18)9(19)20)7(6)11(15,16)17/h2-3,8,18H,1H3,(H,19,20). The van der Waals surface area contributed by atoms with Gasteiger partial charge in [0.25, 0.3) is 0 Å². The van der Waals surface area contributed by atoms with E-state index in [1.54, 1.807) is 0 Å². The fourth-order valence-electron chi connectivity index (χ4n) is 1.61. The second-order valence-corrected chi connectivity index (χ2v) is 3.88. The highest BCUT2D eigenvalue weighted by Crippen LogP contribution is 2.44. The van der Waals surface area contributed by atoms with Gasteiger partial charge in [-0.1, -0.05) is 0 Å². The van der Waals surface area contributed by atoms with E-state index in [0.29, 0.717) is 7.11 Å². The normalized spacial score (nSPS) is 13.9. The number of hydrogen-bond donors (Lipinski definition) is 2. The minimum absolute atomic E-state index is 0.0653. The summed E-state index contributed by atoms with van der Waals surface area (Å²) in [6.07, 6.45) is -13.0. The Labute approximate surface area is 113 Å². The third kappa shape index (κ3) is 3.57. The molecule has 0 aliphatic carbocycles. The maximum absolute atomic E-state index is 12.9. The highest BCUT2D eigenvalue weighted by Gasteiger charge is 2.43. The molecule has 1 unspecified atom stereocenters. The average molecular weight is 318 g/mol. The second-order valence-electron chi connectivity index (χ2n) is 3.88. The zero-order valence-corrected chi connectivity index (χ0v) is 10.2. The molecule has 1 aromatic carbocycles. The number of aliphatic hydroxyl groups is 1. The van der Waals surface area contributed by atoms with Crippen molar-refractivity contribution >= 4 is 5.97 Å². The number of carboxylic acid groups (broad SMARTS) is 1. The Morgan fingerprint density at radius 3 is 2.00 bits per heavy atom. The number of benzene rings is 1. The van der Waals surface area contributed by atoms with Crippen LogP contribution in [0.1, 0.15) is 22.8 Å². The first-order chi connectivity index (χ1) is 9.39. The Hall–Kier alpha value is -1.97. The molecule has 0 bridgehead atoms. The largest absolute Gasteiger partial charge is 0.496 e. The molecule has 4 nitrogen and oxygen atoms in total. The van der Waals surface area contributed by atoms with E-state index in [9.17, 15) is 36.2 Å². The number of aliphatic hydroxyl groups excluding tert-OH is 1. The molecule has 21 heavy (non-hydrogen) atoms. The van der Waals surface area contributed by atoms with Crippen LogP contribution in [-0.2, 0) is 17.1 Å². The van der Waals surface area contributed by atoms with Crippen LogP contribution in [0.2, 0.25) is 0 Å². The van der Waals surface area contributed by atoms with Crippen LogP contribution in [0.25, 0.3) is 0 Å². The molecule has 0 fully saturated rings. The third-order valence-corrected chi connectivity index (χ3v) is 2.49. The fraction of sp³-hybridized carbons (Fsp3) is 0.364. The van der Waals surface area contributed by atoms with Gasteiger partial charge in [-0.05, 0) is 12.1 Å². The predicted octanol–water partition coefficient (Wildman–Crippen LogP) is 2.85. The first kappa shape index (κ1) is 17.1. The lowest BCUT2D eigenvalue weighted by Crippen LogP contribution is -2.20. The van der Waals surface area contributed by atoms with E-state index >= 15 is 0 Å². The maximum Gasteiger partial charge on any atom is 0.420 e. The average Bonchev–Trinajstić information content (AvgIpc) is 2.33. The van der Waals surface area contributed by atoms with Crippen molar-refractivity contribution in [2.45, 2.75) is 18.5 Å². The van der Waals surface area contributed by atoms with Crippen LogP contribution >= 0.6 is 0 Å². The number of ether oxygens (including phenoxy) is 1. The van der Waals surface area contributed by atoms with Crippen molar-refractivity contribution < 1.29 is 46.1 Å². The summed E-state index contributed by atoms with van der Waals surface area (Å²) in [6, 6.07) is 0.0189. The van der Waals surface area contributed by atoms with E-state index < -0.39 is 46.9 Å². The molecule has 118 valence electrons. The van der Waals surface area contributed by atoms with Crippen LogP contribution in [0.15, 0.2) is 12.1 Å². The summed E-state index contributed by atoms with van der Waals surface area (Å²) in [5, 5.41) is 17.8. The lowest BCUT2D eigenvalue weighted by Gasteiger charge is -2.20. The fourth-order valence-corrected chi connectivity index (χ4v) is 1.61. The summed E-state index contributed by atoms with van der Waals surface area (Å²) in [7, 11) is 0.696. The molecule has 0 saturated heterocycles. The summed E-state index contributed by atoms with van der Waals surface area (Å²) in [5.74, 6) is -3.35. The van der Waals surface area contributed by atoms with Crippen molar-refractivity contribution in [1.29, 1.82) is 0 Å². The van der Waals surface area contributed by atoms with E-state index in [0.717, 1.165) is 0 Å². The Morgan fingerprint density at radius 1 is 1.14 bits per heavy atom. The predicted molar refractivity (Wildman–Crippen MR) is 55.6 cm³/mol. The molecule has 1 aromatic rings. The van der Waals surface area contributed by atoms with Gasteiger partial charge in [0.05, 0.1) is 12.7 Å². The monoisotopic (exact) mass is 318 g/mol. The lowest BCUT2D eigenvalue weighted by molar-refractivity contribution is -0.150. The van der Waals surface area contributed by atoms with Crippen molar-refractivity contribution in [3.63, 3.8) is 0 Å². The topological polar surface area (TPSA) is 66.8 Å².